The number of hydrogen-bond acceptors (Lipinski definition) is 8. The zero-order valence-electron chi connectivity index (χ0n) is 20.4. The molecule has 0 fully saturated rings. The molecule has 11 heteroatoms. The number of carboxylic acids is 1. The van der Waals surface area contributed by atoms with Crippen molar-refractivity contribution < 1.29 is 38.5 Å². The number of Topliss-reactive ketones (excluding diaryl/α,β-unsaturated/α-hetero) is 1. The van der Waals surface area contributed by atoms with Gasteiger partial charge in [-0.25, -0.2) is 15.0 Å². The standard InChI is InChI=1S/C25H29N3O8/c1-25(2,3)36-24(33)28-26-13-16-5-7-18(8-6-16)23(32)27-20(14-34-4)22(31)17-9-11-19(12-10-17)35-15-21(29)30/h5-13,20H,14-15H2,1-4H3,(H,27,32)(H,28,33)(H,29,30)/t20-/m0/s1. The average molecular weight is 500 g/mol. The van der Waals surface area contributed by atoms with Crippen molar-refractivity contribution in [1.82, 2.24) is 10.7 Å². The van der Waals surface area contributed by atoms with Gasteiger partial charge in [-0.3, -0.25) is 9.59 Å². The van der Waals surface area contributed by atoms with E-state index >= 15 is 0 Å². The molecule has 1 atom stereocenters. The van der Waals surface area contributed by atoms with Crippen LogP contribution in [-0.2, 0) is 14.3 Å². The molecule has 3 N–H and O–H groups in total. The van der Waals surface area contributed by atoms with Crippen molar-refractivity contribution in [1.29, 1.82) is 0 Å². The van der Waals surface area contributed by atoms with Crippen LogP contribution < -0.4 is 15.5 Å². The van der Waals surface area contributed by atoms with Gasteiger partial charge < -0.3 is 24.6 Å². The van der Waals surface area contributed by atoms with Crippen LogP contribution in [0.1, 0.15) is 47.1 Å². The molecule has 0 heterocycles. The molecule has 2 aromatic carbocycles. The summed E-state index contributed by atoms with van der Waals surface area (Å²) in [5.41, 5.74) is 2.83. The Morgan fingerprint density at radius 2 is 1.61 bits per heavy atom. The van der Waals surface area contributed by atoms with Crippen LogP contribution in [0.25, 0.3) is 0 Å². The normalized spacial score (nSPS) is 12.0. The van der Waals surface area contributed by atoms with Crippen molar-refractivity contribution in [3.05, 3.63) is 65.2 Å². The summed E-state index contributed by atoms with van der Waals surface area (Å²) in [7, 11) is 1.41. The van der Waals surface area contributed by atoms with E-state index in [1.807, 2.05) is 0 Å². The molecule has 0 bridgehead atoms. The summed E-state index contributed by atoms with van der Waals surface area (Å²) in [6.45, 7) is 4.66. The van der Waals surface area contributed by atoms with E-state index in [-0.39, 0.29) is 12.4 Å². The number of nitrogens with one attached hydrogen (secondary N) is 2. The lowest BCUT2D eigenvalue weighted by Crippen LogP contribution is -2.44. The number of ketones is 1. The number of carbonyl (C=O) groups is 4. The summed E-state index contributed by atoms with van der Waals surface area (Å²) in [5.74, 6) is -1.68. The summed E-state index contributed by atoms with van der Waals surface area (Å²) in [4.78, 5) is 47.8. The van der Waals surface area contributed by atoms with Crippen molar-refractivity contribution >= 4 is 30.0 Å². The Kier molecular flexibility index (Phi) is 10.1. The maximum atomic E-state index is 12.9. The zero-order chi connectivity index (χ0) is 26.7. The summed E-state index contributed by atoms with van der Waals surface area (Å²) >= 11 is 0. The molecule has 2 amide bonds. The quantitative estimate of drug-likeness (QED) is 0.242. The van der Waals surface area contributed by atoms with Gasteiger partial charge in [0.15, 0.2) is 12.4 Å². The maximum absolute atomic E-state index is 12.9. The van der Waals surface area contributed by atoms with Gasteiger partial charge in [0.25, 0.3) is 5.91 Å². The number of rotatable bonds is 11. The zero-order valence-corrected chi connectivity index (χ0v) is 20.4. The fourth-order valence-electron chi connectivity index (χ4n) is 2.83. The van der Waals surface area contributed by atoms with E-state index < -0.39 is 36.2 Å². The molecule has 0 aliphatic heterocycles. The van der Waals surface area contributed by atoms with Crippen LogP contribution in [0.5, 0.6) is 5.75 Å². The Morgan fingerprint density at radius 1 is 1.00 bits per heavy atom. The smallest absolute Gasteiger partial charge is 0.428 e. The number of nitrogens with zero attached hydrogens (tertiary/aromatic N) is 1. The summed E-state index contributed by atoms with van der Waals surface area (Å²) in [6, 6.07) is 11.3. The van der Waals surface area contributed by atoms with Crippen LogP contribution in [0.15, 0.2) is 53.6 Å². The van der Waals surface area contributed by atoms with Crippen molar-refractivity contribution in [2.75, 3.05) is 20.3 Å². The number of carbonyl (C=O) groups excluding carboxylic acids is 3. The molecular weight excluding hydrogens is 470 g/mol. The first kappa shape index (κ1) is 28.0. The Hall–Kier alpha value is -4.25. The van der Waals surface area contributed by atoms with E-state index in [1.165, 1.54) is 37.6 Å². The molecule has 11 nitrogen and oxygen atoms in total. The number of benzene rings is 2. The van der Waals surface area contributed by atoms with Crippen molar-refractivity contribution in [3.8, 4) is 5.75 Å². The lowest BCUT2D eigenvalue weighted by atomic mass is 10.0. The first-order valence-electron chi connectivity index (χ1n) is 10.9. The van der Waals surface area contributed by atoms with Crippen LogP contribution in [-0.4, -0.2) is 67.0 Å². The molecule has 0 unspecified atom stereocenters. The second-order valence-electron chi connectivity index (χ2n) is 8.55. The Bertz CT molecular complexity index is 1090. The lowest BCUT2D eigenvalue weighted by Gasteiger charge is -2.18. The molecule has 0 aromatic heterocycles. The van der Waals surface area contributed by atoms with Gasteiger partial charge in [0.1, 0.15) is 17.4 Å². The monoisotopic (exact) mass is 499 g/mol. The van der Waals surface area contributed by atoms with Gasteiger partial charge in [-0.05, 0) is 62.7 Å². The number of amides is 2. The number of carboxylic acid groups (broad SMARTS) is 1. The van der Waals surface area contributed by atoms with Crippen LogP contribution in [0.4, 0.5) is 4.79 Å². The molecule has 0 radical (unpaired) electrons. The molecule has 36 heavy (non-hydrogen) atoms. The number of aliphatic carboxylic acids is 1. The summed E-state index contributed by atoms with van der Waals surface area (Å²) in [5, 5.41) is 15.1. The molecule has 0 aliphatic rings. The highest BCUT2D eigenvalue weighted by atomic mass is 16.6. The second kappa shape index (κ2) is 13.0. The SMILES string of the molecule is COC[C@H](NC(=O)c1ccc(C=NNC(=O)OC(C)(C)C)cc1)C(=O)c1ccc(OCC(=O)O)cc1. The number of hydrogen-bond donors (Lipinski definition) is 3. The minimum absolute atomic E-state index is 0.0527. The van der Waals surface area contributed by atoms with Gasteiger partial charge in [-0.2, -0.15) is 5.10 Å². The van der Waals surface area contributed by atoms with Gasteiger partial charge >= 0.3 is 12.1 Å². The number of methoxy groups -OCH3 is 1. The molecule has 2 aromatic rings. The molecule has 0 saturated carbocycles. The largest absolute Gasteiger partial charge is 0.482 e. The molecular formula is C25H29N3O8. The predicted octanol–water partition coefficient (Wildman–Crippen LogP) is 2.64. The highest BCUT2D eigenvalue weighted by molar-refractivity contribution is 6.04. The third-order valence-electron chi connectivity index (χ3n) is 4.40. The highest BCUT2D eigenvalue weighted by Crippen LogP contribution is 2.14. The van der Waals surface area contributed by atoms with Gasteiger partial charge in [0.05, 0.1) is 12.8 Å². The average Bonchev–Trinajstić information content (AvgIpc) is 2.81. The van der Waals surface area contributed by atoms with E-state index in [9.17, 15) is 19.2 Å². The van der Waals surface area contributed by atoms with Crippen molar-refractivity contribution in [3.63, 3.8) is 0 Å². The third-order valence-corrected chi connectivity index (χ3v) is 4.40. The Balaban J connectivity index is 1.99. The first-order valence-corrected chi connectivity index (χ1v) is 10.9. The topological polar surface area (TPSA) is 153 Å². The van der Waals surface area contributed by atoms with Crippen molar-refractivity contribution in [2.24, 2.45) is 5.10 Å². The van der Waals surface area contributed by atoms with Gasteiger partial charge in [-0.1, -0.05) is 12.1 Å². The second-order valence-corrected chi connectivity index (χ2v) is 8.55. The highest BCUT2D eigenvalue weighted by Gasteiger charge is 2.23. The summed E-state index contributed by atoms with van der Waals surface area (Å²) < 4.78 is 15.2. The molecule has 2 rings (SSSR count). The lowest BCUT2D eigenvalue weighted by molar-refractivity contribution is -0.139. The van der Waals surface area contributed by atoms with E-state index in [1.54, 1.807) is 45.0 Å². The predicted molar refractivity (Wildman–Crippen MR) is 130 cm³/mol. The Morgan fingerprint density at radius 3 is 2.17 bits per heavy atom. The van der Waals surface area contributed by atoms with Crippen LogP contribution in [0, 0.1) is 0 Å². The van der Waals surface area contributed by atoms with Crippen LogP contribution in [0.3, 0.4) is 0 Å². The minimum atomic E-state index is -1.11. The molecule has 0 spiro atoms. The van der Waals surface area contributed by atoms with Gasteiger partial charge in [-0.15, -0.1) is 0 Å². The molecule has 0 saturated heterocycles. The van der Waals surface area contributed by atoms with Gasteiger partial charge in [0.2, 0.25) is 0 Å². The van der Waals surface area contributed by atoms with Gasteiger partial charge in [0, 0.05) is 18.2 Å². The fourth-order valence-corrected chi connectivity index (χ4v) is 2.83. The molecule has 192 valence electrons. The Labute approximate surface area is 208 Å². The van der Waals surface area contributed by atoms with E-state index in [0.29, 0.717) is 22.4 Å². The molecule has 0 aliphatic carbocycles. The van der Waals surface area contributed by atoms with Crippen LogP contribution in [0.2, 0.25) is 0 Å². The number of hydrazone groups is 1. The van der Waals surface area contributed by atoms with E-state index in [0.717, 1.165) is 0 Å². The third kappa shape index (κ3) is 9.55. The van der Waals surface area contributed by atoms with Crippen LogP contribution >= 0.6 is 0 Å². The minimum Gasteiger partial charge on any atom is -0.482 e. The van der Waals surface area contributed by atoms with E-state index in [2.05, 4.69) is 15.8 Å². The fraction of sp³-hybridized carbons (Fsp3) is 0.320. The van der Waals surface area contributed by atoms with E-state index in [4.69, 9.17) is 19.3 Å². The summed E-state index contributed by atoms with van der Waals surface area (Å²) in [6.07, 6.45) is 0.707. The maximum Gasteiger partial charge on any atom is 0.428 e. The first-order chi connectivity index (χ1) is 17.0. The van der Waals surface area contributed by atoms with Crippen molar-refractivity contribution in [2.45, 2.75) is 32.4 Å². The number of ether oxygens (including phenoxy) is 3.